The molecule has 2 atom stereocenters. The number of nitrogens with zero attached hydrogens (tertiary/aromatic N) is 2. The van der Waals surface area contributed by atoms with Crippen molar-refractivity contribution in [2.45, 2.75) is 25.4 Å². The fourth-order valence-corrected chi connectivity index (χ4v) is 4.57. The highest BCUT2D eigenvalue weighted by Gasteiger charge is 2.39. The molecule has 2 saturated heterocycles. The normalized spacial score (nSPS) is 19.9. The summed E-state index contributed by atoms with van der Waals surface area (Å²) >= 11 is 0. The zero-order chi connectivity index (χ0) is 22.2. The van der Waals surface area contributed by atoms with E-state index in [1.807, 2.05) is 30.3 Å². The van der Waals surface area contributed by atoms with Gasteiger partial charge in [0.2, 0.25) is 0 Å². The Balaban J connectivity index is 1.68. The smallest absolute Gasteiger partial charge is 0.181 e. The monoisotopic (exact) mass is 438 g/mol. The highest BCUT2D eigenvalue weighted by atomic mass is 16.5. The second-order valence-electron chi connectivity index (χ2n) is 8.33. The lowest BCUT2D eigenvalue weighted by Crippen LogP contribution is -2.55. The first-order valence-corrected chi connectivity index (χ1v) is 11.7. The Bertz CT molecular complexity index is 831. The van der Waals surface area contributed by atoms with Gasteiger partial charge >= 0.3 is 0 Å². The zero-order valence-corrected chi connectivity index (χ0v) is 18.9. The van der Waals surface area contributed by atoms with Crippen LogP contribution in [0.4, 0.5) is 0 Å². The molecule has 2 aromatic carbocycles. The van der Waals surface area contributed by atoms with Gasteiger partial charge in [0, 0.05) is 31.7 Å². The van der Waals surface area contributed by atoms with Gasteiger partial charge in [-0.05, 0) is 36.2 Å². The maximum Gasteiger partial charge on any atom is 0.181 e. The van der Waals surface area contributed by atoms with E-state index in [1.54, 1.807) is 0 Å². The molecule has 2 fully saturated rings. The SMILES string of the molecule is CCCOc1ccc(C(=O)[C@H]([C@H](c2ccccc2)N2CCOCC2)N2CCOCC2)cc1. The molecule has 172 valence electrons. The van der Waals surface area contributed by atoms with Crippen LogP contribution in [0.3, 0.4) is 0 Å². The molecule has 2 aromatic rings. The van der Waals surface area contributed by atoms with Crippen molar-refractivity contribution in [3.8, 4) is 5.75 Å². The van der Waals surface area contributed by atoms with E-state index < -0.39 is 0 Å². The van der Waals surface area contributed by atoms with Gasteiger partial charge in [0.15, 0.2) is 5.78 Å². The number of hydrogen-bond donors (Lipinski definition) is 0. The molecule has 0 unspecified atom stereocenters. The third-order valence-corrected chi connectivity index (χ3v) is 6.20. The Labute approximate surface area is 191 Å². The van der Waals surface area contributed by atoms with Crippen molar-refractivity contribution in [1.29, 1.82) is 0 Å². The van der Waals surface area contributed by atoms with Crippen LogP contribution in [0.5, 0.6) is 5.75 Å². The molecular formula is C26H34N2O4. The highest BCUT2D eigenvalue weighted by molar-refractivity contribution is 6.00. The van der Waals surface area contributed by atoms with Crippen molar-refractivity contribution >= 4 is 5.78 Å². The van der Waals surface area contributed by atoms with Crippen molar-refractivity contribution in [3.05, 3.63) is 65.7 Å². The molecule has 2 aliphatic rings. The van der Waals surface area contributed by atoms with E-state index in [-0.39, 0.29) is 17.9 Å². The molecule has 0 N–H and O–H groups in total. The minimum Gasteiger partial charge on any atom is -0.494 e. The molecule has 2 heterocycles. The summed E-state index contributed by atoms with van der Waals surface area (Å²) in [6.45, 7) is 8.58. The number of Topliss-reactive ketones (excluding diaryl/α,β-unsaturated/α-hetero) is 1. The summed E-state index contributed by atoms with van der Waals surface area (Å²) in [6, 6.07) is 17.7. The third-order valence-electron chi connectivity index (χ3n) is 6.20. The topological polar surface area (TPSA) is 51.2 Å². The van der Waals surface area contributed by atoms with Gasteiger partial charge in [0.1, 0.15) is 5.75 Å². The van der Waals surface area contributed by atoms with Crippen LogP contribution in [0.25, 0.3) is 0 Å². The minimum absolute atomic E-state index is 0.0401. The lowest BCUT2D eigenvalue weighted by Gasteiger charge is -2.44. The standard InChI is InChI=1S/C26H34N2O4/c1-2-16-32-23-10-8-22(9-11-23)26(29)25(28-14-19-31-20-15-28)24(21-6-4-3-5-7-21)27-12-17-30-18-13-27/h3-11,24-25H,2,12-20H2,1H3/t24-,25-/m0/s1. The van der Waals surface area contributed by atoms with Crippen molar-refractivity contribution in [3.63, 3.8) is 0 Å². The van der Waals surface area contributed by atoms with Gasteiger partial charge in [0.25, 0.3) is 0 Å². The van der Waals surface area contributed by atoms with E-state index in [0.29, 0.717) is 33.0 Å². The molecule has 0 spiro atoms. The van der Waals surface area contributed by atoms with Crippen molar-refractivity contribution in [2.75, 3.05) is 59.2 Å². The molecule has 0 amide bonds. The van der Waals surface area contributed by atoms with Gasteiger partial charge in [-0.2, -0.15) is 0 Å². The first-order chi connectivity index (χ1) is 15.8. The van der Waals surface area contributed by atoms with Crippen LogP contribution in [0.2, 0.25) is 0 Å². The van der Waals surface area contributed by atoms with Gasteiger partial charge in [-0.15, -0.1) is 0 Å². The van der Waals surface area contributed by atoms with E-state index in [2.05, 4.69) is 41.0 Å². The molecule has 4 rings (SSSR count). The second kappa shape index (κ2) is 11.6. The van der Waals surface area contributed by atoms with Gasteiger partial charge < -0.3 is 14.2 Å². The molecule has 6 nitrogen and oxygen atoms in total. The Hall–Kier alpha value is -2.25. The summed E-state index contributed by atoms with van der Waals surface area (Å²) in [7, 11) is 0. The van der Waals surface area contributed by atoms with Crippen molar-refractivity contribution < 1.29 is 19.0 Å². The number of morpholine rings is 2. The average Bonchev–Trinajstić information content (AvgIpc) is 2.87. The Morgan fingerprint density at radius 1 is 0.875 bits per heavy atom. The van der Waals surface area contributed by atoms with Crippen LogP contribution in [0.15, 0.2) is 54.6 Å². The van der Waals surface area contributed by atoms with E-state index >= 15 is 0 Å². The number of carbonyl (C=O) groups excluding carboxylic acids is 1. The van der Waals surface area contributed by atoms with Gasteiger partial charge in [-0.1, -0.05) is 37.3 Å². The third kappa shape index (κ3) is 5.56. The molecule has 0 aromatic heterocycles. The second-order valence-corrected chi connectivity index (χ2v) is 8.33. The first-order valence-electron chi connectivity index (χ1n) is 11.7. The Kier molecular flexibility index (Phi) is 8.29. The van der Waals surface area contributed by atoms with E-state index in [1.165, 1.54) is 5.56 Å². The van der Waals surface area contributed by atoms with E-state index in [4.69, 9.17) is 14.2 Å². The fourth-order valence-electron chi connectivity index (χ4n) is 4.57. The van der Waals surface area contributed by atoms with Crippen molar-refractivity contribution in [1.82, 2.24) is 9.80 Å². The van der Waals surface area contributed by atoms with Crippen LogP contribution >= 0.6 is 0 Å². The summed E-state index contributed by atoms with van der Waals surface area (Å²) in [4.78, 5) is 18.8. The van der Waals surface area contributed by atoms with Gasteiger partial charge in [-0.25, -0.2) is 0 Å². The van der Waals surface area contributed by atoms with Crippen LogP contribution in [0, 0.1) is 0 Å². The first kappa shape index (κ1) is 22.9. The summed E-state index contributed by atoms with van der Waals surface area (Å²) in [5.74, 6) is 0.952. The summed E-state index contributed by atoms with van der Waals surface area (Å²) in [6.07, 6.45) is 0.956. The minimum atomic E-state index is -0.290. The van der Waals surface area contributed by atoms with Gasteiger partial charge in [-0.3, -0.25) is 14.6 Å². The Morgan fingerprint density at radius 2 is 1.47 bits per heavy atom. The van der Waals surface area contributed by atoms with E-state index in [9.17, 15) is 4.79 Å². The fraction of sp³-hybridized carbons (Fsp3) is 0.500. The maximum atomic E-state index is 14.0. The summed E-state index contributed by atoms with van der Waals surface area (Å²) in [5.41, 5.74) is 1.89. The van der Waals surface area contributed by atoms with Crippen LogP contribution in [-0.4, -0.2) is 80.8 Å². The van der Waals surface area contributed by atoms with Crippen LogP contribution in [-0.2, 0) is 9.47 Å². The highest BCUT2D eigenvalue weighted by Crippen LogP contribution is 2.32. The predicted octanol–water partition coefficient (Wildman–Crippen LogP) is 3.43. The number of rotatable bonds is 9. The largest absolute Gasteiger partial charge is 0.494 e. The van der Waals surface area contributed by atoms with Crippen LogP contribution < -0.4 is 4.74 Å². The van der Waals surface area contributed by atoms with Gasteiger partial charge in [0.05, 0.1) is 45.1 Å². The number of ketones is 1. The molecular weight excluding hydrogens is 404 g/mol. The average molecular weight is 439 g/mol. The van der Waals surface area contributed by atoms with Crippen molar-refractivity contribution in [2.24, 2.45) is 0 Å². The van der Waals surface area contributed by atoms with E-state index in [0.717, 1.165) is 43.9 Å². The molecule has 0 aliphatic carbocycles. The number of hydrogen-bond acceptors (Lipinski definition) is 6. The number of benzene rings is 2. The number of ether oxygens (including phenoxy) is 3. The zero-order valence-electron chi connectivity index (χ0n) is 18.9. The van der Waals surface area contributed by atoms with Crippen LogP contribution in [0.1, 0.15) is 35.3 Å². The summed E-state index contributed by atoms with van der Waals surface area (Å²) < 4.78 is 17.0. The molecule has 0 saturated carbocycles. The lowest BCUT2D eigenvalue weighted by molar-refractivity contribution is -0.0301. The lowest BCUT2D eigenvalue weighted by atomic mass is 9.89. The Morgan fingerprint density at radius 3 is 2.06 bits per heavy atom. The molecule has 32 heavy (non-hydrogen) atoms. The maximum absolute atomic E-state index is 14.0. The quantitative estimate of drug-likeness (QED) is 0.559. The molecule has 6 heteroatoms. The molecule has 2 aliphatic heterocycles. The molecule has 0 radical (unpaired) electrons. The molecule has 0 bridgehead atoms. The predicted molar refractivity (Wildman–Crippen MR) is 124 cm³/mol. The number of carbonyl (C=O) groups is 1. The summed E-state index contributed by atoms with van der Waals surface area (Å²) in [5, 5.41) is 0.